The van der Waals surface area contributed by atoms with Crippen molar-refractivity contribution in [3.8, 4) is 0 Å². The van der Waals surface area contributed by atoms with Crippen LogP contribution in [0.1, 0.15) is 35.2 Å². The van der Waals surface area contributed by atoms with Gasteiger partial charge >= 0.3 is 0 Å². The number of anilines is 1. The highest BCUT2D eigenvalue weighted by Crippen LogP contribution is 2.25. The van der Waals surface area contributed by atoms with Gasteiger partial charge in [-0.25, -0.2) is 4.39 Å². The van der Waals surface area contributed by atoms with E-state index in [-0.39, 0.29) is 36.1 Å². The highest BCUT2D eigenvalue weighted by atomic mass is 19.1. The monoisotopic (exact) mass is 355 g/mol. The second-order valence-electron chi connectivity index (χ2n) is 6.61. The molecule has 0 aromatic heterocycles. The van der Waals surface area contributed by atoms with E-state index in [4.69, 9.17) is 5.73 Å². The van der Waals surface area contributed by atoms with Crippen molar-refractivity contribution in [1.29, 1.82) is 0 Å². The van der Waals surface area contributed by atoms with Gasteiger partial charge in [-0.05, 0) is 49.6 Å². The van der Waals surface area contributed by atoms with Crippen molar-refractivity contribution >= 4 is 17.5 Å². The fourth-order valence-electron chi connectivity index (χ4n) is 3.12. The number of hydrogen-bond acceptors (Lipinski definition) is 3. The lowest BCUT2D eigenvalue weighted by Gasteiger charge is -2.11. The number of nitrogens with two attached hydrogens (primary N) is 1. The zero-order chi connectivity index (χ0) is 18.5. The fourth-order valence-corrected chi connectivity index (χ4v) is 3.12. The van der Waals surface area contributed by atoms with Crippen LogP contribution in [0.4, 0.5) is 10.1 Å². The molecular formula is C20H22FN3O2. The number of halogens is 1. The molecule has 2 atom stereocenters. The Morgan fingerprint density at radius 1 is 1.08 bits per heavy atom. The Balaban J connectivity index is 1.54. The van der Waals surface area contributed by atoms with Crippen molar-refractivity contribution in [3.05, 3.63) is 65.5 Å². The number of nitrogens with one attached hydrogen (secondary N) is 2. The van der Waals surface area contributed by atoms with E-state index in [0.717, 1.165) is 12.8 Å². The van der Waals surface area contributed by atoms with E-state index < -0.39 is 0 Å². The van der Waals surface area contributed by atoms with Gasteiger partial charge in [0.05, 0.1) is 0 Å². The number of amides is 2. The lowest BCUT2D eigenvalue weighted by atomic mass is 10.1. The zero-order valence-electron chi connectivity index (χ0n) is 14.4. The fraction of sp³-hybridized carbons (Fsp3) is 0.300. The summed E-state index contributed by atoms with van der Waals surface area (Å²) in [6.45, 7) is 0.117. The van der Waals surface area contributed by atoms with Crippen LogP contribution in [0, 0.1) is 11.7 Å². The summed E-state index contributed by atoms with van der Waals surface area (Å²) in [5.74, 6) is -0.728. The molecule has 3 rings (SSSR count). The van der Waals surface area contributed by atoms with E-state index in [9.17, 15) is 14.0 Å². The number of rotatable bonds is 5. The normalized spacial score (nSPS) is 19.2. The first-order valence-electron chi connectivity index (χ1n) is 8.71. The van der Waals surface area contributed by atoms with E-state index in [2.05, 4.69) is 10.6 Å². The van der Waals surface area contributed by atoms with Gasteiger partial charge < -0.3 is 16.4 Å². The average Bonchev–Trinajstić information content (AvgIpc) is 3.08. The van der Waals surface area contributed by atoms with Crippen LogP contribution in [0.3, 0.4) is 0 Å². The standard InChI is InChI=1S/C20H22FN3O2/c21-18-4-2-1-3-15(18)12-23-19(25)13-6-9-17(10-7-13)24-20(26)14-5-8-16(22)11-14/h1-4,6-7,9-10,14,16H,5,8,11-12,22H2,(H,23,25)(H,24,26). The van der Waals surface area contributed by atoms with Gasteiger partial charge in [0.25, 0.3) is 5.91 Å². The molecule has 4 N–H and O–H groups in total. The van der Waals surface area contributed by atoms with Gasteiger partial charge in [-0.15, -0.1) is 0 Å². The van der Waals surface area contributed by atoms with Crippen molar-refractivity contribution in [3.63, 3.8) is 0 Å². The Kier molecular flexibility index (Phi) is 5.63. The Hall–Kier alpha value is -2.73. The van der Waals surface area contributed by atoms with Gasteiger partial charge in [-0.3, -0.25) is 9.59 Å². The molecule has 1 saturated carbocycles. The predicted molar refractivity (Wildman–Crippen MR) is 98.0 cm³/mol. The van der Waals surface area contributed by atoms with Crippen LogP contribution in [0.15, 0.2) is 48.5 Å². The van der Waals surface area contributed by atoms with Crippen molar-refractivity contribution in [1.82, 2.24) is 5.32 Å². The summed E-state index contributed by atoms with van der Waals surface area (Å²) >= 11 is 0. The van der Waals surface area contributed by atoms with Crippen LogP contribution >= 0.6 is 0 Å². The molecule has 26 heavy (non-hydrogen) atoms. The molecule has 0 heterocycles. The zero-order valence-corrected chi connectivity index (χ0v) is 14.4. The largest absolute Gasteiger partial charge is 0.348 e. The molecule has 0 spiro atoms. The maximum atomic E-state index is 13.6. The summed E-state index contributed by atoms with van der Waals surface area (Å²) in [4.78, 5) is 24.4. The lowest BCUT2D eigenvalue weighted by Crippen LogP contribution is -2.24. The number of benzene rings is 2. The van der Waals surface area contributed by atoms with Crippen LogP contribution in [0.5, 0.6) is 0 Å². The van der Waals surface area contributed by atoms with Crippen LogP contribution in [-0.2, 0) is 11.3 Å². The molecule has 2 amide bonds. The van der Waals surface area contributed by atoms with Crippen LogP contribution < -0.4 is 16.4 Å². The van der Waals surface area contributed by atoms with Crippen LogP contribution in [0.25, 0.3) is 0 Å². The summed E-state index contributed by atoms with van der Waals surface area (Å²) in [5.41, 5.74) is 7.36. The van der Waals surface area contributed by atoms with Crippen LogP contribution in [-0.4, -0.2) is 17.9 Å². The van der Waals surface area contributed by atoms with Crippen molar-refractivity contribution < 1.29 is 14.0 Å². The number of carbonyl (C=O) groups is 2. The Bertz CT molecular complexity index is 792. The van der Waals surface area contributed by atoms with Gasteiger partial charge in [0.2, 0.25) is 5.91 Å². The molecule has 2 unspecified atom stereocenters. The molecular weight excluding hydrogens is 333 g/mol. The van der Waals surface area contributed by atoms with Gasteiger partial charge in [0.15, 0.2) is 0 Å². The highest BCUT2D eigenvalue weighted by Gasteiger charge is 2.27. The van der Waals surface area contributed by atoms with E-state index in [0.29, 0.717) is 23.2 Å². The molecule has 0 bridgehead atoms. The topological polar surface area (TPSA) is 84.2 Å². The van der Waals surface area contributed by atoms with E-state index >= 15 is 0 Å². The lowest BCUT2D eigenvalue weighted by molar-refractivity contribution is -0.119. The van der Waals surface area contributed by atoms with Crippen LogP contribution in [0.2, 0.25) is 0 Å². The first-order chi connectivity index (χ1) is 12.5. The number of hydrogen-bond donors (Lipinski definition) is 3. The molecule has 6 heteroatoms. The molecule has 2 aromatic carbocycles. The van der Waals surface area contributed by atoms with E-state index in [1.807, 2.05) is 0 Å². The minimum Gasteiger partial charge on any atom is -0.348 e. The first kappa shape index (κ1) is 18.1. The van der Waals surface area contributed by atoms with Crippen molar-refractivity contribution in [2.24, 2.45) is 11.7 Å². The first-order valence-corrected chi connectivity index (χ1v) is 8.71. The molecule has 5 nitrogen and oxygen atoms in total. The van der Waals surface area contributed by atoms with E-state index in [1.54, 1.807) is 42.5 Å². The highest BCUT2D eigenvalue weighted by molar-refractivity contribution is 5.96. The summed E-state index contributed by atoms with van der Waals surface area (Å²) in [6.07, 6.45) is 2.39. The van der Waals surface area contributed by atoms with Gasteiger partial charge in [0.1, 0.15) is 5.82 Å². The molecule has 0 saturated heterocycles. The summed E-state index contributed by atoms with van der Waals surface area (Å²) < 4.78 is 13.6. The second-order valence-corrected chi connectivity index (χ2v) is 6.61. The summed E-state index contributed by atoms with van der Waals surface area (Å²) in [5, 5.41) is 5.55. The van der Waals surface area contributed by atoms with Crippen molar-refractivity contribution in [2.75, 3.05) is 5.32 Å². The van der Waals surface area contributed by atoms with E-state index in [1.165, 1.54) is 6.07 Å². The Morgan fingerprint density at radius 3 is 2.46 bits per heavy atom. The SMILES string of the molecule is NC1CCC(C(=O)Nc2ccc(C(=O)NCc3ccccc3F)cc2)C1. The summed E-state index contributed by atoms with van der Waals surface area (Å²) in [6, 6.07) is 13.0. The molecule has 1 fully saturated rings. The minimum absolute atomic E-state index is 0.0327. The smallest absolute Gasteiger partial charge is 0.251 e. The number of carbonyl (C=O) groups excluding carboxylic acids is 2. The third-order valence-corrected chi connectivity index (χ3v) is 4.66. The Morgan fingerprint density at radius 2 is 1.81 bits per heavy atom. The molecule has 2 aromatic rings. The average molecular weight is 355 g/mol. The molecule has 1 aliphatic carbocycles. The summed E-state index contributed by atoms with van der Waals surface area (Å²) in [7, 11) is 0. The predicted octanol–water partition coefficient (Wildman–Crippen LogP) is 2.82. The Labute approximate surface area is 151 Å². The second kappa shape index (κ2) is 8.10. The maximum absolute atomic E-state index is 13.6. The molecule has 136 valence electrons. The molecule has 0 aliphatic heterocycles. The maximum Gasteiger partial charge on any atom is 0.251 e. The third-order valence-electron chi connectivity index (χ3n) is 4.66. The van der Waals surface area contributed by atoms with Gasteiger partial charge in [-0.2, -0.15) is 0 Å². The molecule has 1 aliphatic rings. The third kappa shape index (κ3) is 4.46. The van der Waals surface area contributed by atoms with Gasteiger partial charge in [-0.1, -0.05) is 18.2 Å². The quantitative estimate of drug-likeness (QED) is 0.771. The van der Waals surface area contributed by atoms with Crippen molar-refractivity contribution in [2.45, 2.75) is 31.8 Å². The van der Waals surface area contributed by atoms with Gasteiger partial charge in [0, 0.05) is 35.3 Å². The minimum atomic E-state index is -0.350. The molecule has 0 radical (unpaired) electrons.